The number of hydrogen-bond acceptors (Lipinski definition) is 4. The van der Waals surface area contributed by atoms with Crippen molar-refractivity contribution in [3.63, 3.8) is 0 Å². The molecule has 1 N–H and O–H groups in total. The quantitative estimate of drug-likeness (QED) is 0.659. The highest BCUT2D eigenvalue weighted by atomic mass is 32.1. The highest BCUT2D eigenvalue weighted by molar-refractivity contribution is 7.09. The molecule has 110 valence electrons. The lowest BCUT2D eigenvalue weighted by Crippen LogP contribution is -2.26. The van der Waals surface area contributed by atoms with Crippen molar-refractivity contribution in [2.24, 2.45) is 0 Å². The molecule has 21 heavy (non-hydrogen) atoms. The van der Waals surface area contributed by atoms with Crippen LogP contribution in [0.1, 0.15) is 16.3 Å². The first-order valence-corrected chi connectivity index (χ1v) is 7.59. The maximum absolute atomic E-state index is 11.6. The summed E-state index contributed by atoms with van der Waals surface area (Å²) in [5.74, 6) is 0.663. The second kappa shape index (κ2) is 7.59. The van der Waals surface area contributed by atoms with E-state index >= 15 is 0 Å². The zero-order valence-electron chi connectivity index (χ0n) is 12.1. The third-order valence-electron chi connectivity index (χ3n) is 2.73. The lowest BCUT2D eigenvalue weighted by atomic mass is 10.2. The van der Waals surface area contributed by atoms with Gasteiger partial charge in [-0.1, -0.05) is 17.7 Å². The topological polar surface area (TPSA) is 51.2 Å². The number of aryl methyl sites for hydroxylation is 2. The second-order valence-electron chi connectivity index (χ2n) is 4.58. The number of rotatable bonds is 6. The third kappa shape index (κ3) is 5.39. The molecule has 0 bridgehead atoms. The Bertz CT molecular complexity index is 617. The van der Waals surface area contributed by atoms with Crippen LogP contribution < -0.4 is 10.1 Å². The van der Waals surface area contributed by atoms with Crippen molar-refractivity contribution in [1.29, 1.82) is 0 Å². The van der Waals surface area contributed by atoms with Gasteiger partial charge in [0.05, 0.1) is 17.2 Å². The molecule has 1 heterocycles. The third-order valence-corrected chi connectivity index (χ3v) is 3.52. The van der Waals surface area contributed by atoms with Crippen LogP contribution in [0.5, 0.6) is 5.75 Å². The summed E-state index contributed by atoms with van der Waals surface area (Å²) in [6.07, 6.45) is 3.19. The minimum Gasteiger partial charge on any atom is -0.492 e. The number of hydrogen-bond donors (Lipinski definition) is 1. The largest absolute Gasteiger partial charge is 0.492 e. The Kier molecular flexibility index (Phi) is 5.51. The highest BCUT2D eigenvalue weighted by Crippen LogP contribution is 2.11. The predicted molar refractivity (Wildman–Crippen MR) is 85.6 cm³/mol. The summed E-state index contributed by atoms with van der Waals surface area (Å²) < 4.78 is 5.53. The fourth-order valence-electron chi connectivity index (χ4n) is 1.65. The Balaban J connectivity index is 1.67. The SMILES string of the molecule is Cc1ccc(OCCNC(=O)/C=C/c2csc(C)n2)cc1. The van der Waals surface area contributed by atoms with Gasteiger partial charge in [-0.05, 0) is 32.1 Å². The van der Waals surface area contributed by atoms with E-state index in [0.29, 0.717) is 13.2 Å². The van der Waals surface area contributed by atoms with Gasteiger partial charge >= 0.3 is 0 Å². The number of nitrogens with zero attached hydrogens (tertiary/aromatic N) is 1. The van der Waals surface area contributed by atoms with Crippen molar-refractivity contribution in [3.8, 4) is 5.75 Å². The number of carbonyl (C=O) groups excluding carboxylic acids is 1. The van der Waals surface area contributed by atoms with E-state index in [9.17, 15) is 4.79 Å². The smallest absolute Gasteiger partial charge is 0.244 e. The molecule has 0 saturated heterocycles. The first kappa shape index (κ1) is 15.3. The zero-order valence-corrected chi connectivity index (χ0v) is 12.9. The van der Waals surface area contributed by atoms with E-state index < -0.39 is 0 Å². The van der Waals surface area contributed by atoms with Gasteiger partial charge in [-0.2, -0.15) is 0 Å². The van der Waals surface area contributed by atoms with E-state index in [4.69, 9.17) is 4.74 Å². The first-order valence-electron chi connectivity index (χ1n) is 6.71. The molecule has 0 aliphatic heterocycles. The monoisotopic (exact) mass is 302 g/mol. The van der Waals surface area contributed by atoms with Crippen LogP contribution in [0.2, 0.25) is 0 Å². The Labute approximate surface area is 128 Å². The molecule has 0 spiro atoms. The summed E-state index contributed by atoms with van der Waals surface area (Å²) in [5, 5.41) is 5.67. The molecule has 0 saturated carbocycles. The van der Waals surface area contributed by atoms with Gasteiger partial charge in [-0.25, -0.2) is 4.98 Å². The van der Waals surface area contributed by atoms with Crippen molar-refractivity contribution in [2.45, 2.75) is 13.8 Å². The lowest BCUT2D eigenvalue weighted by Gasteiger charge is -2.06. The average molecular weight is 302 g/mol. The summed E-state index contributed by atoms with van der Waals surface area (Å²) in [6, 6.07) is 7.82. The Morgan fingerprint density at radius 2 is 2.10 bits per heavy atom. The number of carbonyl (C=O) groups is 1. The molecule has 1 aromatic heterocycles. The number of amides is 1. The molecule has 4 nitrogen and oxygen atoms in total. The number of thiazole rings is 1. The van der Waals surface area contributed by atoms with Crippen LogP contribution in [-0.2, 0) is 4.79 Å². The molecule has 0 aliphatic carbocycles. The number of benzene rings is 1. The van der Waals surface area contributed by atoms with Crippen molar-refractivity contribution in [2.75, 3.05) is 13.2 Å². The minimum atomic E-state index is -0.145. The van der Waals surface area contributed by atoms with Crippen molar-refractivity contribution >= 4 is 23.3 Å². The molecule has 0 fully saturated rings. The molecular formula is C16H18N2O2S. The van der Waals surface area contributed by atoms with E-state index in [1.54, 1.807) is 17.4 Å². The van der Waals surface area contributed by atoms with Crippen molar-refractivity contribution < 1.29 is 9.53 Å². The molecule has 2 rings (SSSR count). The number of ether oxygens (including phenoxy) is 1. The minimum absolute atomic E-state index is 0.145. The van der Waals surface area contributed by atoms with Crippen LogP contribution in [-0.4, -0.2) is 24.0 Å². The summed E-state index contributed by atoms with van der Waals surface area (Å²) >= 11 is 1.56. The van der Waals surface area contributed by atoms with Gasteiger partial charge in [0.25, 0.3) is 0 Å². The van der Waals surface area contributed by atoms with E-state index in [0.717, 1.165) is 16.5 Å². The van der Waals surface area contributed by atoms with Gasteiger partial charge < -0.3 is 10.1 Å². The highest BCUT2D eigenvalue weighted by Gasteiger charge is 1.98. The number of nitrogens with one attached hydrogen (secondary N) is 1. The fourth-order valence-corrected chi connectivity index (χ4v) is 2.23. The van der Waals surface area contributed by atoms with Crippen LogP contribution in [0, 0.1) is 13.8 Å². The summed E-state index contributed by atoms with van der Waals surface area (Å²) in [7, 11) is 0. The Hall–Kier alpha value is -2.14. The van der Waals surface area contributed by atoms with Gasteiger partial charge in [-0.3, -0.25) is 4.79 Å². The molecule has 0 radical (unpaired) electrons. The van der Waals surface area contributed by atoms with Gasteiger partial charge in [0.1, 0.15) is 12.4 Å². The molecule has 2 aromatic rings. The maximum Gasteiger partial charge on any atom is 0.244 e. The molecule has 0 unspecified atom stereocenters. The summed E-state index contributed by atoms with van der Waals surface area (Å²) in [4.78, 5) is 15.9. The first-order chi connectivity index (χ1) is 10.1. The van der Waals surface area contributed by atoms with Crippen LogP contribution >= 0.6 is 11.3 Å². The van der Waals surface area contributed by atoms with Crippen LogP contribution in [0.3, 0.4) is 0 Å². The standard InChI is InChI=1S/C16H18N2O2S/c1-12-3-6-15(7-4-12)20-10-9-17-16(19)8-5-14-11-21-13(2)18-14/h3-8,11H,9-10H2,1-2H3,(H,17,19)/b8-5+. The van der Waals surface area contributed by atoms with Gasteiger partial charge in [-0.15, -0.1) is 11.3 Å². The predicted octanol–water partition coefficient (Wildman–Crippen LogP) is 2.97. The van der Waals surface area contributed by atoms with Crippen molar-refractivity contribution in [3.05, 3.63) is 52.0 Å². The molecule has 0 atom stereocenters. The normalized spacial score (nSPS) is 10.8. The Morgan fingerprint density at radius 3 is 2.76 bits per heavy atom. The summed E-state index contributed by atoms with van der Waals surface area (Å²) in [5.41, 5.74) is 2.00. The Morgan fingerprint density at radius 1 is 1.33 bits per heavy atom. The van der Waals surface area contributed by atoms with Gasteiger partial charge in [0, 0.05) is 11.5 Å². The molecule has 1 aromatic carbocycles. The molecule has 1 amide bonds. The van der Waals surface area contributed by atoms with E-state index in [1.165, 1.54) is 11.6 Å². The van der Waals surface area contributed by atoms with Crippen LogP contribution in [0.25, 0.3) is 6.08 Å². The number of aromatic nitrogens is 1. The van der Waals surface area contributed by atoms with Crippen LogP contribution in [0.15, 0.2) is 35.7 Å². The average Bonchev–Trinajstić information content (AvgIpc) is 2.89. The van der Waals surface area contributed by atoms with Crippen molar-refractivity contribution in [1.82, 2.24) is 10.3 Å². The fraction of sp³-hybridized carbons (Fsp3) is 0.250. The van der Waals surface area contributed by atoms with Gasteiger partial charge in [0.2, 0.25) is 5.91 Å². The van der Waals surface area contributed by atoms with Crippen LogP contribution in [0.4, 0.5) is 0 Å². The van der Waals surface area contributed by atoms with E-state index in [1.807, 2.05) is 43.5 Å². The maximum atomic E-state index is 11.6. The molecule has 5 heteroatoms. The van der Waals surface area contributed by atoms with Gasteiger partial charge in [0.15, 0.2) is 0 Å². The zero-order chi connectivity index (χ0) is 15.1. The lowest BCUT2D eigenvalue weighted by molar-refractivity contribution is -0.116. The second-order valence-corrected chi connectivity index (χ2v) is 5.64. The molecule has 0 aliphatic rings. The summed E-state index contributed by atoms with van der Waals surface area (Å²) in [6.45, 7) is 4.87. The molecular weight excluding hydrogens is 284 g/mol. The van der Waals surface area contributed by atoms with E-state index in [-0.39, 0.29) is 5.91 Å². The van der Waals surface area contributed by atoms with E-state index in [2.05, 4.69) is 10.3 Å².